The minimum absolute atomic E-state index is 0.362. The van der Waals surface area contributed by atoms with Crippen LogP contribution in [-0.2, 0) is 4.74 Å². The summed E-state index contributed by atoms with van der Waals surface area (Å²) in [4.78, 5) is 19.3. The molecule has 0 amide bonds. The van der Waals surface area contributed by atoms with Gasteiger partial charge in [0.05, 0.1) is 7.11 Å². The molecule has 1 N–H and O–H groups in total. The molecule has 2 rings (SSSR count). The van der Waals surface area contributed by atoms with E-state index < -0.39 is 0 Å². The Hall–Kier alpha value is -1.14. The highest BCUT2D eigenvalue weighted by molar-refractivity contribution is 7.15. The van der Waals surface area contributed by atoms with Gasteiger partial charge in [-0.05, 0) is 39.7 Å². The number of aromatic nitrogens is 1. The molecule has 1 aliphatic rings. The zero-order valence-corrected chi connectivity index (χ0v) is 14.0. The third kappa shape index (κ3) is 4.41. The van der Waals surface area contributed by atoms with Gasteiger partial charge >= 0.3 is 5.97 Å². The van der Waals surface area contributed by atoms with Crippen LogP contribution in [0.4, 0.5) is 5.13 Å². The number of anilines is 1. The smallest absolute Gasteiger partial charge is 0.357 e. The van der Waals surface area contributed by atoms with Crippen molar-refractivity contribution in [1.29, 1.82) is 0 Å². The monoisotopic (exact) mass is 311 g/mol. The third-order valence-corrected chi connectivity index (χ3v) is 4.94. The van der Waals surface area contributed by atoms with Crippen LogP contribution < -0.4 is 5.32 Å². The lowest BCUT2D eigenvalue weighted by Gasteiger charge is -2.33. The number of esters is 1. The van der Waals surface area contributed by atoms with Crippen molar-refractivity contribution < 1.29 is 9.53 Å². The molecule has 5 nitrogen and oxygen atoms in total. The minimum Gasteiger partial charge on any atom is -0.464 e. The fourth-order valence-corrected chi connectivity index (χ4v) is 3.55. The van der Waals surface area contributed by atoms with Crippen LogP contribution in [-0.4, -0.2) is 48.6 Å². The summed E-state index contributed by atoms with van der Waals surface area (Å²) in [5.74, 6) is -0.362. The standard InChI is InChI=1S/C15H25N3O2S/c1-11-7-4-5-9-18(11)10-6-8-16-15-17-13(12(2)21-15)14(19)20-3/h11H,4-10H2,1-3H3,(H,16,17). The molecule has 0 aliphatic carbocycles. The van der Waals surface area contributed by atoms with Crippen molar-refractivity contribution in [2.24, 2.45) is 0 Å². The van der Waals surface area contributed by atoms with Gasteiger partial charge in [-0.1, -0.05) is 6.42 Å². The normalized spacial score (nSPS) is 19.5. The van der Waals surface area contributed by atoms with Gasteiger partial charge in [0, 0.05) is 24.0 Å². The molecule has 1 aliphatic heterocycles. The number of piperidine rings is 1. The molecule has 6 heteroatoms. The average Bonchev–Trinajstić information content (AvgIpc) is 2.85. The van der Waals surface area contributed by atoms with E-state index in [1.165, 1.54) is 44.3 Å². The number of carbonyl (C=O) groups is 1. The highest BCUT2D eigenvalue weighted by Crippen LogP contribution is 2.22. The molecule has 0 aromatic carbocycles. The van der Waals surface area contributed by atoms with Crippen LogP contribution >= 0.6 is 11.3 Å². The first-order valence-corrected chi connectivity index (χ1v) is 8.47. The lowest BCUT2D eigenvalue weighted by Crippen LogP contribution is -2.38. The summed E-state index contributed by atoms with van der Waals surface area (Å²) in [5, 5.41) is 4.12. The Morgan fingerprint density at radius 1 is 1.52 bits per heavy atom. The second-order valence-corrected chi connectivity index (χ2v) is 6.78. The van der Waals surface area contributed by atoms with Crippen molar-refractivity contribution in [1.82, 2.24) is 9.88 Å². The molecule has 118 valence electrons. The Morgan fingerprint density at radius 3 is 3.05 bits per heavy atom. The Balaban J connectivity index is 1.74. The van der Waals surface area contributed by atoms with Gasteiger partial charge < -0.3 is 15.0 Å². The molecular weight excluding hydrogens is 286 g/mol. The minimum atomic E-state index is -0.362. The largest absolute Gasteiger partial charge is 0.464 e. The number of likely N-dealkylation sites (tertiary alicyclic amines) is 1. The summed E-state index contributed by atoms with van der Waals surface area (Å²) in [6, 6.07) is 0.715. The van der Waals surface area contributed by atoms with Gasteiger partial charge in [-0.15, -0.1) is 11.3 Å². The van der Waals surface area contributed by atoms with Crippen LogP contribution in [0.1, 0.15) is 48.0 Å². The second-order valence-electron chi connectivity index (χ2n) is 5.58. The Morgan fingerprint density at radius 2 is 2.33 bits per heavy atom. The molecule has 1 saturated heterocycles. The van der Waals surface area contributed by atoms with Crippen LogP contribution in [0.5, 0.6) is 0 Å². The van der Waals surface area contributed by atoms with Gasteiger partial charge in [-0.3, -0.25) is 0 Å². The zero-order valence-electron chi connectivity index (χ0n) is 13.1. The average molecular weight is 311 g/mol. The molecule has 0 bridgehead atoms. The van der Waals surface area contributed by atoms with Crippen LogP contribution in [0.2, 0.25) is 0 Å². The van der Waals surface area contributed by atoms with Crippen LogP contribution in [0, 0.1) is 6.92 Å². The molecule has 1 aromatic heterocycles. The van der Waals surface area contributed by atoms with Gasteiger partial charge in [0.2, 0.25) is 0 Å². The Kier molecular flexibility index (Phi) is 5.99. The molecule has 0 radical (unpaired) electrons. The first-order valence-electron chi connectivity index (χ1n) is 7.65. The van der Waals surface area contributed by atoms with Crippen molar-refractivity contribution in [2.45, 2.75) is 45.6 Å². The highest BCUT2D eigenvalue weighted by atomic mass is 32.1. The first-order chi connectivity index (χ1) is 10.1. The molecule has 1 atom stereocenters. The highest BCUT2D eigenvalue weighted by Gasteiger charge is 2.18. The van der Waals surface area contributed by atoms with Crippen molar-refractivity contribution in [3.8, 4) is 0 Å². The summed E-state index contributed by atoms with van der Waals surface area (Å²) in [7, 11) is 1.38. The quantitative estimate of drug-likeness (QED) is 0.646. The summed E-state index contributed by atoms with van der Waals surface area (Å²) >= 11 is 1.51. The topological polar surface area (TPSA) is 54.5 Å². The van der Waals surface area contributed by atoms with Crippen LogP contribution in [0.25, 0.3) is 0 Å². The third-order valence-electron chi connectivity index (χ3n) is 4.01. The van der Waals surface area contributed by atoms with Crippen molar-refractivity contribution in [2.75, 3.05) is 32.1 Å². The molecule has 1 unspecified atom stereocenters. The summed E-state index contributed by atoms with van der Waals surface area (Å²) < 4.78 is 4.72. The van der Waals surface area contributed by atoms with Gasteiger partial charge in [-0.2, -0.15) is 0 Å². The second kappa shape index (κ2) is 7.75. The van der Waals surface area contributed by atoms with Crippen LogP contribution in [0.3, 0.4) is 0 Å². The van der Waals surface area contributed by atoms with Crippen molar-refractivity contribution >= 4 is 22.4 Å². The Labute approximate surface area is 130 Å². The number of nitrogens with one attached hydrogen (secondary N) is 1. The maximum absolute atomic E-state index is 11.5. The van der Waals surface area contributed by atoms with Gasteiger partial charge in [-0.25, -0.2) is 9.78 Å². The predicted octanol–water partition coefficient (Wildman–Crippen LogP) is 2.91. The molecule has 21 heavy (non-hydrogen) atoms. The number of methoxy groups -OCH3 is 1. The molecular formula is C15H25N3O2S. The van der Waals surface area contributed by atoms with E-state index >= 15 is 0 Å². The van der Waals surface area contributed by atoms with E-state index in [4.69, 9.17) is 4.74 Å². The van der Waals surface area contributed by atoms with Crippen LogP contribution in [0.15, 0.2) is 0 Å². The molecule has 1 aromatic rings. The number of ether oxygens (including phenoxy) is 1. The van der Waals surface area contributed by atoms with Gasteiger partial charge in [0.1, 0.15) is 0 Å². The maximum Gasteiger partial charge on any atom is 0.357 e. The predicted molar refractivity (Wildman–Crippen MR) is 86.2 cm³/mol. The van der Waals surface area contributed by atoms with Gasteiger partial charge in [0.15, 0.2) is 10.8 Å². The molecule has 0 saturated carbocycles. The fourth-order valence-electron chi connectivity index (χ4n) is 2.73. The molecule has 2 heterocycles. The maximum atomic E-state index is 11.5. The van der Waals surface area contributed by atoms with E-state index in [-0.39, 0.29) is 5.97 Å². The van der Waals surface area contributed by atoms with Crippen molar-refractivity contribution in [3.63, 3.8) is 0 Å². The van der Waals surface area contributed by atoms with E-state index in [9.17, 15) is 4.79 Å². The molecule has 1 fully saturated rings. The number of rotatable bonds is 6. The number of aryl methyl sites for hydroxylation is 1. The van der Waals surface area contributed by atoms with E-state index in [1.54, 1.807) is 0 Å². The lowest BCUT2D eigenvalue weighted by molar-refractivity contribution is 0.0594. The summed E-state index contributed by atoms with van der Waals surface area (Å²) in [5.41, 5.74) is 0.426. The van der Waals surface area contributed by atoms with E-state index in [1.807, 2.05) is 6.92 Å². The fraction of sp³-hybridized carbons (Fsp3) is 0.733. The summed E-state index contributed by atoms with van der Waals surface area (Å²) in [6.07, 6.45) is 5.11. The van der Waals surface area contributed by atoms with E-state index in [2.05, 4.69) is 22.1 Å². The number of hydrogen-bond acceptors (Lipinski definition) is 6. The van der Waals surface area contributed by atoms with E-state index in [0.717, 1.165) is 29.5 Å². The zero-order chi connectivity index (χ0) is 15.2. The Bertz CT molecular complexity index is 475. The summed E-state index contributed by atoms with van der Waals surface area (Å²) in [6.45, 7) is 7.45. The number of carbonyl (C=O) groups excluding carboxylic acids is 1. The number of thiazole rings is 1. The van der Waals surface area contributed by atoms with E-state index in [0.29, 0.717) is 11.7 Å². The number of nitrogens with zero attached hydrogens (tertiary/aromatic N) is 2. The van der Waals surface area contributed by atoms with Crippen molar-refractivity contribution in [3.05, 3.63) is 10.6 Å². The van der Waals surface area contributed by atoms with Gasteiger partial charge in [0.25, 0.3) is 0 Å². The first kappa shape index (κ1) is 16.2. The molecule has 0 spiro atoms. The SMILES string of the molecule is COC(=O)c1nc(NCCCN2CCCCC2C)sc1C. The lowest BCUT2D eigenvalue weighted by atomic mass is 10.0. The number of hydrogen-bond donors (Lipinski definition) is 1.